The van der Waals surface area contributed by atoms with E-state index in [0.29, 0.717) is 6.04 Å². The van der Waals surface area contributed by atoms with Gasteiger partial charge in [0.2, 0.25) is 0 Å². The first-order valence-corrected chi connectivity index (χ1v) is 8.49. The molecule has 0 saturated carbocycles. The minimum absolute atomic E-state index is 0.0173. The second kappa shape index (κ2) is 6.95. The smallest absolute Gasteiger partial charge is 0.321 e. The molecular formula is C20H25N3O. The fourth-order valence-electron chi connectivity index (χ4n) is 3.26. The molecule has 2 aromatic rings. The van der Waals surface area contributed by atoms with Gasteiger partial charge in [0.15, 0.2) is 0 Å². The Morgan fingerprint density at radius 3 is 2.42 bits per heavy atom. The summed E-state index contributed by atoms with van der Waals surface area (Å²) >= 11 is 0. The Kier molecular flexibility index (Phi) is 4.74. The third-order valence-electron chi connectivity index (χ3n) is 4.52. The molecule has 2 aromatic carbocycles. The number of nitrogens with zero attached hydrogens (tertiary/aromatic N) is 2. The van der Waals surface area contributed by atoms with Crippen molar-refractivity contribution in [3.63, 3.8) is 0 Å². The average molecular weight is 323 g/mol. The van der Waals surface area contributed by atoms with Crippen LogP contribution in [0.15, 0.2) is 48.5 Å². The molecule has 1 unspecified atom stereocenters. The molecule has 1 saturated heterocycles. The fraction of sp³-hybridized carbons (Fsp3) is 0.350. The third kappa shape index (κ3) is 3.70. The Bertz CT molecular complexity index is 728. The summed E-state index contributed by atoms with van der Waals surface area (Å²) in [4.78, 5) is 16.8. The van der Waals surface area contributed by atoms with Crippen LogP contribution in [-0.2, 0) is 0 Å². The van der Waals surface area contributed by atoms with Crippen molar-refractivity contribution in [1.82, 2.24) is 4.90 Å². The lowest BCUT2D eigenvalue weighted by Crippen LogP contribution is -2.54. The predicted molar refractivity (Wildman–Crippen MR) is 99.8 cm³/mol. The number of urea groups is 1. The van der Waals surface area contributed by atoms with E-state index in [1.165, 1.54) is 11.3 Å². The minimum Gasteiger partial charge on any atom is -0.365 e. The SMILES string of the molecule is Cc1cccc(NC(=O)N2CCN(c3cccc(C)c3)C(C)C2)c1. The number of hydrogen-bond acceptors (Lipinski definition) is 2. The van der Waals surface area contributed by atoms with Crippen LogP contribution >= 0.6 is 0 Å². The van der Waals surface area contributed by atoms with Gasteiger partial charge in [-0.2, -0.15) is 0 Å². The highest BCUT2D eigenvalue weighted by molar-refractivity contribution is 5.89. The van der Waals surface area contributed by atoms with Gasteiger partial charge in [-0.15, -0.1) is 0 Å². The first-order chi connectivity index (χ1) is 11.5. The molecule has 0 aliphatic carbocycles. The van der Waals surface area contributed by atoms with E-state index in [1.807, 2.05) is 36.1 Å². The van der Waals surface area contributed by atoms with Crippen LogP contribution in [0.2, 0.25) is 0 Å². The van der Waals surface area contributed by atoms with Gasteiger partial charge in [0.05, 0.1) is 0 Å². The first kappa shape index (κ1) is 16.4. The summed E-state index contributed by atoms with van der Waals surface area (Å²) in [5.41, 5.74) is 4.50. The molecule has 1 aliphatic heterocycles. The lowest BCUT2D eigenvalue weighted by molar-refractivity contribution is 0.200. The summed E-state index contributed by atoms with van der Waals surface area (Å²) in [6, 6.07) is 16.7. The van der Waals surface area contributed by atoms with Crippen LogP contribution < -0.4 is 10.2 Å². The maximum atomic E-state index is 12.5. The van der Waals surface area contributed by atoms with Crippen molar-refractivity contribution in [3.05, 3.63) is 59.7 Å². The van der Waals surface area contributed by atoms with E-state index in [9.17, 15) is 4.79 Å². The highest BCUT2D eigenvalue weighted by atomic mass is 16.2. The largest absolute Gasteiger partial charge is 0.365 e. The normalized spacial score (nSPS) is 17.7. The quantitative estimate of drug-likeness (QED) is 0.905. The predicted octanol–water partition coefficient (Wildman–Crippen LogP) is 4.05. The molecule has 0 spiro atoms. The van der Waals surface area contributed by atoms with Gasteiger partial charge in [-0.3, -0.25) is 0 Å². The maximum Gasteiger partial charge on any atom is 0.321 e. The monoisotopic (exact) mass is 323 g/mol. The molecule has 126 valence electrons. The van der Waals surface area contributed by atoms with Crippen molar-refractivity contribution in [2.45, 2.75) is 26.8 Å². The number of rotatable bonds is 2. The van der Waals surface area contributed by atoms with Crippen LogP contribution in [-0.4, -0.2) is 36.6 Å². The number of nitrogens with one attached hydrogen (secondary N) is 1. The summed E-state index contributed by atoms with van der Waals surface area (Å²) in [5.74, 6) is 0. The molecule has 24 heavy (non-hydrogen) atoms. The van der Waals surface area contributed by atoms with E-state index >= 15 is 0 Å². The van der Waals surface area contributed by atoms with E-state index in [2.05, 4.69) is 48.3 Å². The van der Waals surface area contributed by atoms with Gasteiger partial charge in [0.1, 0.15) is 0 Å². The van der Waals surface area contributed by atoms with Crippen LogP contribution in [0, 0.1) is 13.8 Å². The standard InChI is InChI=1S/C20H25N3O/c1-15-6-4-8-18(12-15)21-20(24)22-10-11-23(17(3)14-22)19-9-5-7-16(2)13-19/h4-9,12-13,17H,10-11,14H2,1-3H3,(H,21,24). The van der Waals surface area contributed by atoms with Gasteiger partial charge < -0.3 is 15.1 Å². The van der Waals surface area contributed by atoms with Crippen molar-refractivity contribution in [1.29, 1.82) is 0 Å². The van der Waals surface area contributed by atoms with Gasteiger partial charge in [-0.25, -0.2) is 4.79 Å². The molecule has 1 N–H and O–H groups in total. The summed E-state index contributed by atoms with van der Waals surface area (Å²) in [5, 5.41) is 3.01. The van der Waals surface area contributed by atoms with Gasteiger partial charge in [0, 0.05) is 37.1 Å². The van der Waals surface area contributed by atoms with E-state index in [1.54, 1.807) is 0 Å². The molecule has 1 atom stereocenters. The van der Waals surface area contributed by atoms with Gasteiger partial charge in [-0.05, 0) is 56.2 Å². The molecule has 1 fully saturated rings. The van der Waals surface area contributed by atoms with Crippen molar-refractivity contribution >= 4 is 17.4 Å². The molecule has 0 bridgehead atoms. The maximum absolute atomic E-state index is 12.5. The topological polar surface area (TPSA) is 35.6 Å². The van der Waals surface area contributed by atoms with E-state index < -0.39 is 0 Å². The highest BCUT2D eigenvalue weighted by Crippen LogP contribution is 2.22. The Hall–Kier alpha value is -2.49. The second-order valence-electron chi connectivity index (χ2n) is 6.63. The van der Waals surface area contributed by atoms with E-state index in [-0.39, 0.29) is 6.03 Å². The van der Waals surface area contributed by atoms with Crippen LogP contribution in [0.4, 0.5) is 16.2 Å². The molecule has 3 rings (SSSR count). The molecule has 4 heteroatoms. The van der Waals surface area contributed by atoms with Crippen molar-refractivity contribution in [2.24, 2.45) is 0 Å². The number of hydrogen-bond donors (Lipinski definition) is 1. The highest BCUT2D eigenvalue weighted by Gasteiger charge is 2.26. The Morgan fingerprint density at radius 2 is 1.75 bits per heavy atom. The zero-order valence-corrected chi connectivity index (χ0v) is 14.6. The third-order valence-corrected chi connectivity index (χ3v) is 4.52. The lowest BCUT2D eigenvalue weighted by atomic mass is 10.1. The van der Waals surface area contributed by atoms with Gasteiger partial charge in [-0.1, -0.05) is 24.3 Å². The Morgan fingerprint density at radius 1 is 1.04 bits per heavy atom. The number of amides is 2. The summed E-state index contributed by atoms with van der Waals surface area (Å²) in [6.07, 6.45) is 0. The lowest BCUT2D eigenvalue weighted by Gasteiger charge is -2.41. The van der Waals surface area contributed by atoms with E-state index in [0.717, 1.165) is 30.9 Å². The van der Waals surface area contributed by atoms with Crippen LogP contribution in [0.3, 0.4) is 0 Å². The summed E-state index contributed by atoms with van der Waals surface area (Å²) in [7, 11) is 0. The summed E-state index contributed by atoms with van der Waals surface area (Å²) < 4.78 is 0. The Labute approximate surface area is 144 Å². The van der Waals surface area contributed by atoms with E-state index in [4.69, 9.17) is 0 Å². The minimum atomic E-state index is -0.0173. The van der Waals surface area contributed by atoms with Crippen LogP contribution in [0.1, 0.15) is 18.1 Å². The second-order valence-corrected chi connectivity index (χ2v) is 6.63. The number of anilines is 2. The first-order valence-electron chi connectivity index (χ1n) is 8.49. The van der Waals surface area contributed by atoms with Crippen LogP contribution in [0.25, 0.3) is 0 Å². The zero-order chi connectivity index (χ0) is 17.1. The van der Waals surface area contributed by atoms with Gasteiger partial charge in [0.25, 0.3) is 0 Å². The number of carbonyl (C=O) groups is 1. The molecule has 4 nitrogen and oxygen atoms in total. The number of carbonyl (C=O) groups excluding carboxylic acids is 1. The number of benzene rings is 2. The van der Waals surface area contributed by atoms with Crippen LogP contribution in [0.5, 0.6) is 0 Å². The van der Waals surface area contributed by atoms with Crippen molar-refractivity contribution in [3.8, 4) is 0 Å². The van der Waals surface area contributed by atoms with Crippen molar-refractivity contribution in [2.75, 3.05) is 29.9 Å². The average Bonchev–Trinajstić information content (AvgIpc) is 2.54. The fourth-order valence-corrected chi connectivity index (χ4v) is 3.26. The zero-order valence-electron chi connectivity index (χ0n) is 14.6. The number of piperazine rings is 1. The molecule has 1 aliphatic rings. The molecule has 2 amide bonds. The summed E-state index contributed by atoms with van der Waals surface area (Å²) in [6.45, 7) is 8.62. The number of aryl methyl sites for hydroxylation is 2. The Balaban J connectivity index is 1.63. The van der Waals surface area contributed by atoms with Crippen molar-refractivity contribution < 1.29 is 4.79 Å². The van der Waals surface area contributed by atoms with Gasteiger partial charge >= 0.3 is 6.03 Å². The molecule has 1 heterocycles. The molecule has 0 aromatic heterocycles. The molecular weight excluding hydrogens is 298 g/mol. The molecule has 0 radical (unpaired) electrons.